The molecule has 1 aliphatic carbocycles. The summed E-state index contributed by atoms with van der Waals surface area (Å²) in [5.74, 6) is 0.359. The second kappa shape index (κ2) is 6.63. The van der Waals surface area contributed by atoms with Crippen molar-refractivity contribution in [1.82, 2.24) is 0 Å². The van der Waals surface area contributed by atoms with E-state index in [0.717, 1.165) is 37.1 Å². The second-order valence-corrected chi connectivity index (χ2v) is 6.64. The smallest absolute Gasteiger partial charge is 0.294 e. The summed E-state index contributed by atoms with van der Waals surface area (Å²) in [5, 5.41) is 14.4. The van der Waals surface area contributed by atoms with Gasteiger partial charge in [0.25, 0.3) is 5.69 Å². The summed E-state index contributed by atoms with van der Waals surface area (Å²) in [6, 6.07) is 2.32. The van der Waals surface area contributed by atoms with Crippen molar-refractivity contribution in [2.24, 2.45) is 0 Å². The van der Waals surface area contributed by atoms with E-state index in [9.17, 15) is 14.5 Å². The van der Waals surface area contributed by atoms with Gasteiger partial charge in [0, 0.05) is 23.4 Å². The molecular weight excluding hydrogens is 303 g/mol. The molecule has 0 spiro atoms. The zero-order valence-corrected chi connectivity index (χ0v) is 12.6. The molecule has 1 aromatic rings. The molecule has 0 amide bonds. The van der Waals surface area contributed by atoms with Crippen molar-refractivity contribution in [3.63, 3.8) is 0 Å². The summed E-state index contributed by atoms with van der Waals surface area (Å²) < 4.78 is 13.5. The molecule has 0 radical (unpaired) electrons. The van der Waals surface area contributed by atoms with E-state index in [1.54, 1.807) is 0 Å². The average Bonchev–Trinajstić information content (AvgIpc) is 2.81. The second-order valence-electron chi connectivity index (χ2n) is 4.72. The lowest BCUT2D eigenvalue weighted by molar-refractivity contribution is -0.384. The maximum atomic E-state index is 13.5. The minimum atomic E-state index is -0.641. The van der Waals surface area contributed by atoms with E-state index in [0.29, 0.717) is 5.25 Å². The van der Waals surface area contributed by atoms with Crippen molar-refractivity contribution in [2.75, 3.05) is 11.1 Å². The summed E-state index contributed by atoms with van der Waals surface area (Å²) in [6.07, 6.45) is 3.11. The lowest BCUT2D eigenvalue weighted by Gasteiger charge is -2.21. The first-order chi connectivity index (χ1) is 9.52. The Kier molecular flexibility index (Phi) is 5.10. The van der Waals surface area contributed by atoms with Crippen molar-refractivity contribution in [3.8, 4) is 0 Å². The fourth-order valence-electron chi connectivity index (χ4n) is 2.51. The number of hydrogen-bond acceptors (Lipinski definition) is 4. The number of halogens is 2. The molecule has 0 saturated heterocycles. The Labute approximate surface area is 126 Å². The number of nitro benzene ring substituents is 1. The molecule has 2 unspecified atom stereocenters. The molecule has 1 fully saturated rings. The Morgan fingerprint density at radius 3 is 2.95 bits per heavy atom. The Bertz CT molecular complexity index is 515. The van der Waals surface area contributed by atoms with Gasteiger partial charge in [0.15, 0.2) is 0 Å². The van der Waals surface area contributed by atoms with Crippen LogP contribution in [0.5, 0.6) is 0 Å². The third kappa shape index (κ3) is 3.35. The zero-order chi connectivity index (χ0) is 14.7. The number of hydrogen-bond donors (Lipinski definition) is 1. The number of thioether (sulfide) groups is 1. The number of nitro groups is 1. The van der Waals surface area contributed by atoms with Crippen LogP contribution in [0.3, 0.4) is 0 Å². The highest BCUT2D eigenvalue weighted by molar-refractivity contribution is 7.99. The molecular formula is C13H16ClFN2O2S. The molecule has 2 rings (SSSR count). The minimum absolute atomic E-state index is 0.138. The number of rotatable bonds is 5. The first kappa shape index (κ1) is 15.4. The van der Waals surface area contributed by atoms with E-state index in [4.69, 9.17) is 11.6 Å². The molecule has 1 saturated carbocycles. The molecule has 1 aliphatic rings. The highest BCUT2D eigenvalue weighted by Crippen LogP contribution is 2.36. The van der Waals surface area contributed by atoms with Crippen LogP contribution in [0.15, 0.2) is 12.1 Å². The Hall–Kier alpha value is -1.01. The highest BCUT2D eigenvalue weighted by atomic mass is 35.5. The van der Waals surface area contributed by atoms with Gasteiger partial charge in [0.05, 0.1) is 9.95 Å². The van der Waals surface area contributed by atoms with Crippen LogP contribution >= 0.6 is 23.4 Å². The van der Waals surface area contributed by atoms with E-state index in [-0.39, 0.29) is 22.4 Å². The molecule has 7 heteroatoms. The van der Waals surface area contributed by atoms with Crippen LogP contribution in [0.1, 0.15) is 26.2 Å². The van der Waals surface area contributed by atoms with E-state index >= 15 is 0 Å². The fraction of sp³-hybridized carbons (Fsp3) is 0.538. The van der Waals surface area contributed by atoms with Crippen LogP contribution < -0.4 is 5.32 Å². The van der Waals surface area contributed by atoms with Gasteiger partial charge < -0.3 is 5.32 Å². The first-order valence-corrected chi connectivity index (χ1v) is 7.97. The maximum absolute atomic E-state index is 13.5. The lowest BCUT2D eigenvalue weighted by atomic mass is 10.2. The molecule has 20 heavy (non-hydrogen) atoms. The van der Waals surface area contributed by atoms with E-state index in [2.05, 4.69) is 12.2 Å². The number of nitrogens with zero attached hydrogens (tertiary/aromatic N) is 1. The standard InChI is InChI=1S/C13H16ClFN2O2S/c1-2-20-13-5-3-4-10(13)16-11-7-9(15)8(14)6-12(11)17(18)19/h6-7,10,13,16H,2-5H2,1H3. The minimum Gasteiger partial charge on any atom is -0.376 e. The molecule has 1 aromatic carbocycles. The van der Waals surface area contributed by atoms with Crippen LogP contribution in [0.25, 0.3) is 0 Å². The average molecular weight is 319 g/mol. The predicted molar refractivity (Wildman–Crippen MR) is 81.2 cm³/mol. The summed E-state index contributed by atoms with van der Waals surface area (Å²) in [5.41, 5.74) is 0.0362. The van der Waals surface area contributed by atoms with Gasteiger partial charge >= 0.3 is 0 Å². The summed E-state index contributed by atoms with van der Waals surface area (Å²) in [7, 11) is 0. The SMILES string of the molecule is CCSC1CCCC1Nc1cc(F)c(Cl)cc1[N+](=O)[O-]. The largest absolute Gasteiger partial charge is 0.376 e. The molecule has 0 aromatic heterocycles. The molecule has 110 valence electrons. The van der Waals surface area contributed by atoms with Crippen LogP contribution in [-0.4, -0.2) is 22.0 Å². The quantitative estimate of drug-likeness (QED) is 0.642. The summed E-state index contributed by atoms with van der Waals surface area (Å²) >= 11 is 7.45. The lowest BCUT2D eigenvalue weighted by Crippen LogP contribution is -2.26. The Morgan fingerprint density at radius 1 is 1.55 bits per heavy atom. The van der Waals surface area contributed by atoms with Crippen molar-refractivity contribution in [2.45, 2.75) is 37.5 Å². The zero-order valence-electron chi connectivity index (χ0n) is 11.1. The number of benzene rings is 1. The topological polar surface area (TPSA) is 55.2 Å². The molecule has 0 aliphatic heterocycles. The van der Waals surface area contributed by atoms with Gasteiger partial charge in [-0.25, -0.2) is 4.39 Å². The van der Waals surface area contributed by atoms with E-state index in [1.807, 2.05) is 11.8 Å². The molecule has 2 atom stereocenters. The normalized spacial score (nSPS) is 21.9. The summed E-state index contributed by atoms with van der Waals surface area (Å²) in [6.45, 7) is 2.09. The van der Waals surface area contributed by atoms with E-state index in [1.165, 1.54) is 0 Å². The van der Waals surface area contributed by atoms with Crippen molar-refractivity contribution in [3.05, 3.63) is 33.1 Å². The third-order valence-corrected chi connectivity index (χ3v) is 5.02. The van der Waals surface area contributed by atoms with Gasteiger partial charge in [0.1, 0.15) is 11.5 Å². The molecule has 0 bridgehead atoms. The van der Waals surface area contributed by atoms with Crippen LogP contribution in [-0.2, 0) is 0 Å². The van der Waals surface area contributed by atoms with E-state index < -0.39 is 10.7 Å². The number of nitrogens with one attached hydrogen (secondary N) is 1. The van der Waals surface area contributed by atoms with Crippen LogP contribution in [0, 0.1) is 15.9 Å². The van der Waals surface area contributed by atoms with Gasteiger partial charge in [0.2, 0.25) is 0 Å². The third-order valence-electron chi connectivity index (χ3n) is 3.41. The Morgan fingerprint density at radius 2 is 2.30 bits per heavy atom. The fourth-order valence-corrected chi connectivity index (χ4v) is 3.86. The molecule has 0 heterocycles. The molecule has 4 nitrogen and oxygen atoms in total. The van der Waals surface area contributed by atoms with Gasteiger partial charge in [-0.1, -0.05) is 24.9 Å². The molecule has 1 N–H and O–H groups in total. The Balaban J connectivity index is 2.24. The van der Waals surface area contributed by atoms with Crippen LogP contribution in [0.2, 0.25) is 5.02 Å². The van der Waals surface area contributed by atoms with Gasteiger partial charge in [-0.05, 0) is 18.6 Å². The first-order valence-electron chi connectivity index (χ1n) is 6.54. The van der Waals surface area contributed by atoms with Crippen molar-refractivity contribution >= 4 is 34.7 Å². The monoisotopic (exact) mass is 318 g/mol. The van der Waals surface area contributed by atoms with Crippen LogP contribution in [0.4, 0.5) is 15.8 Å². The van der Waals surface area contributed by atoms with Crippen molar-refractivity contribution < 1.29 is 9.31 Å². The number of anilines is 1. The predicted octanol–water partition coefficient (Wildman–Crippen LogP) is 4.47. The van der Waals surface area contributed by atoms with Gasteiger partial charge in [-0.15, -0.1) is 0 Å². The maximum Gasteiger partial charge on any atom is 0.294 e. The van der Waals surface area contributed by atoms with Gasteiger partial charge in [-0.2, -0.15) is 11.8 Å². The highest BCUT2D eigenvalue weighted by Gasteiger charge is 2.29. The van der Waals surface area contributed by atoms with Gasteiger partial charge in [-0.3, -0.25) is 10.1 Å². The van der Waals surface area contributed by atoms with Crippen molar-refractivity contribution in [1.29, 1.82) is 0 Å². The summed E-state index contributed by atoms with van der Waals surface area (Å²) in [4.78, 5) is 10.5.